The molecule has 0 radical (unpaired) electrons. The van der Waals surface area contributed by atoms with E-state index in [4.69, 9.17) is 14.0 Å². The van der Waals surface area contributed by atoms with E-state index < -0.39 is 12.2 Å². The van der Waals surface area contributed by atoms with Gasteiger partial charge in [0, 0.05) is 0 Å². The quantitative estimate of drug-likeness (QED) is 0.929. The first kappa shape index (κ1) is 13.9. The van der Waals surface area contributed by atoms with Gasteiger partial charge >= 0.3 is 0 Å². The van der Waals surface area contributed by atoms with E-state index in [1.165, 1.54) is 0 Å². The van der Waals surface area contributed by atoms with Crippen molar-refractivity contribution in [3.63, 3.8) is 0 Å². The van der Waals surface area contributed by atoms with Crippen molar-refractivity contribution in [3.05, 3.63) is 36.0 Å². The van der Waals surface area contributed by atoms with Crippen LogP contribution in [0, 0.1) is 5.92 Å². The molecule has 0 fully saturated rings. The molecule has 1 aromatic carbocycles. The van der Waals surface area contributed by atoms with Gasteiger partial charge in [-0.1, -0.05) is 31.1 Å². The summed E-state index contributed by atoms with van der Waals surface area (Å²) < 4.78 is 16.6. The van der Waals surface area contributed by atoms with E-state index in [0.717, 1.165) is 0 Å². The molecule has 0 aliphatic carbocycles. The first-order valence-electron chi connectivity index (χ1n) is 7.02. The van der Waals surface area contributed by atoms with E-state index in [2.05, 4.69) is 10.1 Å². The van der Waals surface area contributed by atoms with Gasteiger partial charge in [0.05, 0.1) is 12.5 Å². The van der Waals surface area contributed by atoms with Crippen molar-refractivity contribution in [2.24, 2.45) is 5.92 Å². The maximum absolute atomic E-state index is 9.85. The molecule has 112 valence electrons. The van der Waals surface area contributed by atoms with Crippen molar-refractivity contribution in [2.75, 3.05) is 6.61 Å². The largest absolute Gasteiger partial charge is 0.485 e. The number of aliphatic hydroxyl groups is 1. The van der Waals surface area contributed by atoms with Gasteiger partial charge in [0.25, 0.3) is 0 Å². The fraction of sp³-hybridized carbons (Fsp3) is 0.467. The van der Waals surface area contributed by atoms with Crippen LogP contribution in [0.5, 0.6) is 11.5 Å². The Morgan fingerprint density at radius 3 is 2.81 bits per heavy atom. The number of aromatic nitrogens is 2. The maximum atomic E-state index is 9.85. The summed E-state index contributed by atoms with van der Waals surface area (Å²) in [6.07, 6.45) is -0.550. The molecule has 1 N–H and O–H groups in total. The lowest BCUT2D eigenvalue weighted by atomic mass is 10.0. The molecule has 21 heavy (non-hydrogen) atoms. The lowest BCUT2D eigenvalue weighted by molar-refractivity contribution is 0.0832. The average Bonchev–Trinajstić information content (AvgIpc) is 2.95. The van der Waals surface area contributed by atoms with Crippen LogP contribution in [-0.4, -0.2) is 28.0 Å². The number of aliphatic hydroxyl groups excluding tert-OH is 1. The van der Waals surface area contributed by atoms with E-state index in [1.54, 1.807) is 0 Å². The minimum absolute atomic E-state index is 0.140. The maximum Gasteiger partial charge on any atom is 0.229 e. The smallest absolute Gasteiger partial charge is 0.229 e. The average molecular weight is 290 g/mol. The number of rotatable bonds is 4. The van der Waals surface area contributed by atoms with Gasteiger partial charge in [-0.25, -0.2) is 0 Å². The summed E-state index contributed by atoms with van der Waals surface area (Å²) in [4.78, 5) is 4.29. The third kappa shape index (κ3) is 3.00. The van der Waals surface area contributed by atoms with E-state index in [1.807, 2.05) is 38.1 Å². The first-order chi connectivity index (χ1) is 10.1. The Hall–Kier alpha value is -2.08. The predicted molar refractivity (Wildman–Crippen MR) is 74.2 cm³/mol. The van der Waals surface area contributed by atoms with E-state index in [-0.39, 0.29) is 5.92 Å². The number of nitrogens with zero attached hydrogens (tertiary/aromatic N) is 2. The second kappa shape index (κ2) is 5.73. The molecule has 1 aliphatic rings. The fourth-order valence-electron chi connectivity index (χ4n) is 2.04. The zero-order chi connectivity index (χ0) is 14.8. The molecule has 1 aliphatic heterocycles. The third-order valence-electron chi connectivity index (χ3n) is 3.43. The van der Waals surface area contributed by atoms with Crippen LogP contribution in [0.25, 0.3) is 0 Å². The lowest BCUT2D eigenvalue weighted by Crippen LogP contribution is -2.22. The highest BCUT2D eigenvalue weighted by atomic mass is 16.6. The molecule has 3 rings (SSSR count). The first-order valence-corrected chi connectivity index (χ1v) is 7.02. The van der Waals surface area contributed by atoms with Crippen molar-refractivity contribution in [2.45, 2.75) is 32.5 Å². The van der Waals surface area contributed by atoms with Crippen molar-refractivity contribution in [1.29, 1.82) is 0 Å². The summed E-state index contributed by atoms with van der Waals surface area (Å²) in [7, 11) is 0. The molecule has 0 amide bonds. The minimum Gasteiger partial charge on any atom is -0.485 e. The van der Waals surface area contributed by atoms with Crippen LogP contribution in [0.15, 0.2) is 28.8 Å². The topological polar surface area (TPSA) is 77.6 Å². The number of hydrogen-bond donors (Lipinski definition) is 1. The highest BCUT2D eigenvalue weighted by Gasteiger charge is 2.27. The number of benzene rings is 1. The Morgan fingerprint density at radius 1 is 1.29 bits per heavy atom. The van der Waals surface area contributed by atoms with Crippen LogP contribution in [0.2, 0.25) is 0 Å². The second-order valence-corrected chi connectivity index (χ2v) is 5.43. The molecule has 6 heteroatoms. The van der Waals surface area contributed by atoms with E-state index >= 15 is 0 Å². The Balaban J connectivity index is 1.70. The molecule has 2 atom stereocenters. The molecule has 2 unspecified atom stereocenters. The molecule has 2 aromatic rings. The molecule has 2 heterocycles. The van der Waals surface area contributed by atoms with Crippen molar-refractivity contribution >= 4 is 0 Å². The van der Waals surface area contributed by atoms with Gasteiger partial charge in [-0.3, -0.25) is 0 Å². The number of ether oxygens (including phenoxy) is 2. The third-order valence-corrected chi connectivity index (χ3v) is 3.43. The number of para-hydroxylation sites is 2. The van der Waals surface area contributed by atoms with Crippen LogP contribution in [0.1, 0.15) is 31.7 Å². The van der Waals surface area contributed by atoms with Crippen LogP contribution in [-0.2, 0) is 6.42 Å². The van der Waals surface area contributed by atoms with Gasteiger partial charge in [0.15, 0.2) is 17.6 Å². The van der Waals surface area contributed by atoms with E-state index in [9.17, 15) is 5.11 Å². The van der Waals surface area contributed by atoms with Crippen molar-refractivity contribution < 1.29 is 19.1 Å². The summed E-state index contributed by atoms with van der Waals surface area (Å²) in [6, 6.07) is 7.46. The predicted octanol–water partition coefficient (Wildman–Crippen LogP) is 2.14. The lowest BCUT2D eigenvalue weighted by Gasteiger charge is -2.24. The Morgan fingerprint density at radius 2 is 2.05 bits per heavy atom. The van der Waals surface area contributed by atoms with Gasteiger partial charge in [-0.15, -0.1) is 0 Å². The summed E-state index contributed by atoms with van der Waals surface area (Å²) >= 11 is 0. The molecule has 0 saturated carbocycles. The summed E-state index contributed by atoms with van der Waals surface area (Å²) in [6.45, 7) is 4.22. The SMILES string of the molecule is CC(C)C(O)Cc1nc(C2COc3ccccc3O2)no1. The Kier molecular flexibility index (Phi) is 3.79. The van der Waals surface area contributed by atoms with Gasteiger partial charge < -0.3 is 19.1 Å². The van der Waals surface area contributed by atoms with Crippen LogP contribution < -0.4 is 9.47 Å². The number of fused-ring (bicyclic) bond motifs is 1. The molecule has 1 aromatic heterocycles. The molecule has 0 bridgehead atoms. The Labute approximate surface area is 122 Å². The van der Waals surface area contributed by atoms with E-state index in [0.29, 0.717) is 36.2 Å². The molecular weight excluding hydrogens is 272 g/mol. The summed E-state index contributed by atoms with van der Waals surface area (Å²) in [5.41, 5.74) is 0. The van der Waals surface area contributed by atoms with Crippen molar-refractivity contribution in [1.82, 2.24) is 10.1 Å². The monoisotopic (exact) mass is 290 g/mol. The zero-order valence-corrected chi connectivity index (χ0v) is 12.0. The summed E-state index contributed by atoms with van der Waals surface area (Å²) in [5.74, 6) is 2.38. The van der Waals surface area contributed by atoms with Gasteiger partial charge in [0.1, 0.15) is 6.61 Å². The zero-order valence-electron chi connectivity index (χ0n) is 12.0. The second-order valence-electron chi connectivity index (χ2n) is 5.43. The standard InChI is InChI=1S/C15H18N2O4/c1-9(2)10(18)7-14-16-15(17-21-14)13-8-19-11-5-3-4-6-12(11)20-13/h3-6,9-10,13,18H,7-8H2,1-2H3. The molecular formula is C15H18N2O4. The van der Waals surface area contributed by atoms with Crippen LogP contribution in [0.3, 0.4) is 0 Å². The highest BCUT2D eigenvalue weighted by Crippen LogP contribution is 2.35. The van der Waals surface area contributed by atoms with Gasteiger partial charge in [-0.2, -0.15) is 4.98 Å². The normalized spacial score (nSPS) is 18.8. The van der Waals surface area contributed by atoms with Gasteiger partial charge in [-0.05, 0) is 18.1 Å². The number of hydrogen-bond acceptors (Lipinski definition) is 6. The van der Waals surface area contributed by atoms with Crippen LogP contribution >= 0.6 is 0 Å². The van der Waals surface area contributed by atoms with Crippen LogP contribution in [0.4, 0.5) is 0 Å². The minimum atomic E-state index is -0.498. The summed E-state index contributed by atoms with van der Waals surface area (Å²) in [5, 5.41) is 13.8. The Bertz CT molecular complexity index is 611. The highest BCUT2D eigenvalue weighted by molar-refractivity contribution is 5.40. The molecule has 0 spiro atoms. The molecule has 6 nitrogen and oxygen atoms in total. The molecule has 0 saturated heterocycles. The van der Waals surface area contributed by atoms with Crippen molar-refractivity contribution in [3.8, 4) is 11.5 Å². The fourth-order valence-corrected chi connectivity index (χ4v) is 2.04. The van der Waals surface area contributed by atoms with Gasteiger partial charge in [0.2, 0.25) is 11.7 Å².